The van der Waals surface area contributed by atoms with Crippen molar-refractivity contribution in [2.45, 2.75) is 13.0 Å². The summed E-state index contributed by atoms with van der Waals surface area (Å²) in [6.07, 6.45) is 4.39. The van der Waals surface area contributed by atoms with Crippen LogP contribution in [-0.4, -0.2) is 54.4 Å². The van der Waals surface area contributed by atoms with Crippen molar-refractivity contribution < 1.29 is 14.3 Å². The zero-order valence-electron chi connectivity index (χ0n) is 16.5. The summed E-state index contributed by atoms with van der Waals surface area (Å²) in [6.45, 7) is 4.15. The maximum atomic E-state index is 12.6. The largest absolute Gasteiger partial charge is 0.484 e. The first kappa shape index (κ1) is 20.6. The van der Waals surface area contributed by atoms with Crippen molar-refractivity contribution in [3.63, 3.8) is 0 Å². The Hall–Kier alpha value is -3.12. The van der Waals surface area contributed by atoms with E-state index in [9.17, 15) is 9.59 Å². The van der Waals surface area contributed by atoms with Gasteiger partial charge in [-0.1, -0.05) is 42.5 Å². The quantitative estimate of drug-likeness (QED) is 0.733. The summed E-state index contributed by atoms with van der Waals surface area (Å²) in [4.78, 5) is 27.6. The molecular formula is C23H27N3O3. The van der Waals surface area contributed by atoms with Gasteiger partial charge in [-0.05, 0) is 35.8 Å². The molecule has 2 N–H and O–H groups in total. The summed E-state index contributed by atoms with van der Waals surface area (Å²) >= 11 is 0. The Kier molecular flexibility index (Phi) is 7.41. The van der Waals surface area contributed by atoms with Crippen LogP contribution >= 0.6 is 0 Å². The molecule has 0 spiro atoms. The summed E-state index contributed by atoms with van der Waals surface area (Å²) in [5.41, 5.74) is 7.26. The fraction of sp³-hybridized carbons (Fsp3) is 0.304. The van der Waals surface area contributed by atoms with Crippen LogP contribution in [0.5, 0.6) is 5.75 Å². The molecule has 1 fully saturated rings. The first-order valence-electron chi connectivity index (χ1n) is 9.84. The highest BCUT2D eigenvalue weighted by Crippen LogP contribution is 2.14. The lowest BCUT2D eigenvalue weighted by Gasteiger charge is -2.21. The highest BCUT2D eigenvalue weighted by molar-refractivity contribution is 5.91. The molecule has 0 unspecified atom stereocenters. The lowest BCUT2D eigenvalue weighted by atomic mass is 10.2. The molecule has 6 heteroatoms. The standard InChI is InChI=1S/C23H27N3O3/c24-22(27)18-29-21-10-7-19(8-11-21)9-12-23(28)26-14-4-13-25(15-16-26)17-20-5-2-1-3-6-20/h1-3,5-12H,4,13-18H2,(H2,24,27)/b12-9+. The first-order valence-corrected chi connectivity index (χ1v) is 9.84. The molecule has 2 aromatic rings. The number of hydrogen-bond acceptors (Lipinski definition) is 4. The number of amides is 2. The minimum absolute atomic E-state index is 0.0283. The van der Waals surface area contributed by atoms with Crippen molar-refractivity contribution in [2.24, 2.45) is 5.73 Å². The summed E-state index contributed by atoms with van der Waals surface area (Å²) in [5.74, 6) is 0.0817. The summed E-state index contributed by atoms with van der Waals surface area (Å²) in [6, 6.07) is 17.6. The molecule has 1 aliphatic rings. The van der Waals surface area contributed by atoms with Crippen LogP contribution in [0.4, 0.5) is 0 Å². The van der Waals surface area contributed by atoms with E-state index in [1.807, 2.05) is 23.1 Å². The van der Waals surface area contributed by atoms with Gasteiger partial charge in [-0.25, -0.2) is 0 Å². The molecule has 0 bridgehead atoms. The van der Waals surface area contributed by atoms with Gasteiger partial charge in [0.25, 0.3) is 5.91 Å². The molecule has 29 heavy (non-hydrogen) atoms. The second kappa shape index (κ2) is 10.4. The summed E-state index contributed by atoms with van der Waals surface area (Å²) in [5, 5.41) is 0. The number of nitrogens with zero attached hydrogens (tertiary/aromatic N) is 2. The van der Waals surface area contributed by atoms with Gasteiger partial charge in [0.2, 0.25) is 5.91 Å². The highest BCUT2D eigenvalue weighted by atomic mass is 16.5. The minimum Gasteiger partial charge on any atom is -0.484 e. The number of carbonyl (C=O) groups excluding carboxylic acids is 2. The Morgan fingerprint density at radius 2 is 1.72 bits per heavy atom. The van der Waals surface area contributed by atoms with Crippen molar-refractivity contribution >= 4 is 17.9 Å². The van der Waals surface area contributed by atoms with Crippen LogP contribution in [-0.2, 0) is 16.1 Å². The van der Waals surface area contributed by atoms with Gasteiger partial charge >= 0.3 is 0 Å². The van der Waals surface area contributed by atoms with Crippen LogP contribution < -0.4 is 10.5 Å². The first-order chi connectivity index (χ1) is 14.1. The molecule has 1 heterocycles. The molecule has 2 amide bonds. The van der Waals surface area contributed by atoms with Crippen molar-refractivity contribution in [3.8, 4) is 5.75 Å². The zero-order valence-corrected chi connectivity index (χ0v) is 16.5. The van der Waals surface area contributed by atoms with Crippen molar-refractivity contribution in [3.05, 3.63) is 71.8 Å². The molecule has 0 aromatic heterocycles. The van der Waals surface area contributed by atoms with Crippen molar-refractivity contribution in [1.29, 1.82) is 0 Å². The number of nitrogens with two attached hydrogens (primary N) is 1. The predicted octanol–water partition coefficient (Wildman–Crippen LogP) is 2.30. The molecule has 0 atom stereocenters. The van der Waals surface area contributed by atoms with Crippen LogP contribution in [0.3, 0.4) is 0 Å². The number of carbonyl (C=O) groups is 2. The van der Waals surface area contributed by atoms with Gasteiger partial charge in [0.05, 0.1) is 0 Å². The highest BCUT2D eigenvalue weighted by Gasteiger charge is 2.17. The summed E-state index contributed by atoms with van der Waals surface area (Å²) < 4.78 is 5.23. The lowest BCUT2D eigenvalue weighted by Crippen LogP contribution is -2.34. The van der Waals surface area contributed by atoms with Gasteiger partial charge in [0.1, 0.15) is 5.75 Å². The van der Waals surface area contributed by atoms with E-state index in [-0.39, 0.29) is 12.5 Å². The molecule has 1 saturated heterocycles. The van der Waals surface area contributed by atoms with E-state index < -0.39 is 5.91 Å². The minimum atomic E-state index is -0.514. The van der Waals surface area contributed by atoms with Crippen molar-refractivity contribution in [1.82, 2.24) is 9.80 Å². The van der Waals surface area contributed by atoms with E-state index >= 15 is 0 Å². The molecule has 1 aliphatic heterocycles. The third kappa shape index (κ3) is 6.76. The fourth-order valence-corrected chi connectivity index (χ4v) is 3.29. The molecule has 2 aromatic carbocycles. The van der Waals surface area contributed by atoms with E-state index in [1.54, 1.807) is 24.3 Å². The zero-order chi connectivity index (χ0) is 20.5. The second-order valence-electron chi connectivity index (χ2n) is 7.10. The van der Waals surface area contributed by atoms with E-state index in [2.05, 4.69) is 29.2 Å². The molecular weight excluding hydrogens is 366 g/mol. The molecule has 0 radical (unpaired) electrons. The maximum absolute atomic E-state index is 12.6. The number of primary amides is 1. The van der Waals surface area contributed by atoms with E-state index in [0.29, 0.717) is 5.75 Å². The van der Waals surface area contributed by atoms with Gasteiger partial charge in [-0.3, -0.25) is 14.5 Å². The number of rotatable bonds is 7. The Morgan fingerprint density at radius 3 is 2.45 bits per heavy atom. The Morgan fingerprint density at radius 1 is 0.966 bits per heavy atom. The Balaban J connectivity index is 1.49. The SMILES string of the molecule is NC(=O)COc1ccc(/C=C/C(=O)N2CCCN(Cc3ccccc3)CC2)cc1. The van der Waals surface area contributed by atoms with Crippen LogP contribution in [0, 0.1) is 0 Å². The molecule has 0 aliphatic carbocycles. The van der Waals surface area contributed by atoms with Crippen molar-refractivity contribution in [2.75, 3.05) is 32.8 Å². The van der Waals surface area contributed by atoms with E-state index in [1.165, 1.54) is 5.56 Å². The lowest BCUT2D eigenvalue weighted by molar-refractivity contribution is -0.125. The molecule has 6 nitrogen and oxygen atoms in total. The van der Waals surface area contributed by atoms with Crippen LogP contribution in [0.25, 0.3) is 6.08 Å². The number of benzene rings is 2. The van der Waals surface area contributed by atoms with Gasteiger partial charge in [-0.15, -0.1) is 0 Å². The average Bonchev–Trinajstić information content (AvgIpc) is 2.97. The predicted molar refractivity (Wildman–Crippen MR) is 113 cm³/mol. The fourth-order valence-electron chi connectivity index (χ4n) is 3.29. The van der Waals surface area contributed by atoms with Crippen LogP contribution in [0.1, 0.15) is 17.5 Å². The second-order valence-corrected chi connectivity index (χ2v) is 7.10. The Bertz CT molecular complexity index is 834. The molecule has 152 valence electrons. The third-order valence-electron chi connectivity index (χ3n) is 4.83. The maximum Gasteiger partial charge on any atom is 0.255 e. The summed E-state index contributed by atoms with van der Waals surface area (Å²) in [7, 11) is 0. The number of hydrogen-bond donors (Lipinski definition) is 1. The molecule has 0 saturated carbocycles. The monoisotopic (exact) mass is 393 g/mol. The van der Waals surface area contributed by atoms with Gasteiger partial charge in [-0.2, -0.15) is 0 Å². The van der Waals surface area contributed by atoms with E-state index in [0.717, 1.165) is 44.7 Å². The van der Waals surface area contributed by atoms with Gasteiger partial charge in [0.15, 0.2) is 6.61 Å². The number of ether oxygens (including phenoxy) is 1. The topological polar surface area (TPSA) is 75.9 Å². The average molecular weight is 393 g/mol. The molecule has 3 rings (SSSR count). The van der Waals surface area contributed by atoms with Gasteiger partial charge in [0, 0.05) is 38.8 Å². The smallest absolute Gasteiger partial charge is 0.255 e. The normalized spacial score (nSPS) is 15.2. The van der Waals surface area contributed by atoms with Crippen LogP contribution in [0.2, 0.25) is 0 Å². The van der Waals surface area contributed by atoms with Gasteiger partial charge < -0.3 is 15.4 Å². The van der Waals surface area contributed by atoms with E-state index in [4.69, 9.17) is 10.5 Å². The third-order valence-corrected chi connectivity index (χ3v) is 4.83. The Labute approximate surface area is 171 Å². The van der Waals surface area contributed by atoms with Crippen LogP contribution in [0.15, 0.2) is 60.7 Å².